The molecule has 0 aromatic heterocycles. The van der Waals surface area contributed by atoms with E-state index in [1.165, 1.54) is 0 Å². The molecular formula is C15H25NO4. The van der Waals surface area contributed by atoms with Gasteiger partial charge >= 0.3 is 12.1 Å². The van der Waals surface area contributed by atoms with Crippen LogP contribution in [0.3, 0.4) is 0 Å². The molecule has 0 spiro atoms. The van der Waals surface area contributed by atoms with E-state index >= 15 is 0 Å². The number of carbonyl (C=O) groups is 2. The van der Waals surface area contributed by atoms with Crippen LogP contribution in [0, 0.1) is 17.8 Å². The summed E-state index contributed by atoms with van der Waals surface area (Å²) < 4.78 is 5.25. The van der Waals surface area contributed by atoms with Crippen LogP contribution in [0.5, 0.6) is 0 Å². The van der Waals surface area contributed by atoms with Crippen LogP contribution in [0.15, 0.2) is 0 Å². The Morgan fingerprint density at radius 1 is 1.15 bits per heavy atom. The molecule has 2 fully saturated rings. The Morgan fingerprint density at radius 3 is 2.20 bits per heavy atom. The molecule has 2 aliphatic carbocycles. The van der Waals surface area contributed by atoms with E-state index in [1.807, 2.05) is 20.8 Å². The van der Waals surface area contributed by atoms with Crippen LogP contribution in [0.2, 0.25) is 0 Å². The van der Waals surface area contributed by atoms with Crippen LogP contribution in [0.1, 0.15) is 52.9 Å². The molecule has 2 atom stereocenters. The molecule has 0 aromatic rings. The lowest BCUT2D eigenvalue weighted by molar-refractivity contribution is -0.139. The van der Waals surface area contributed by atoms with Crippen LogP contribution in [-0.2, 0) is 9.53 Å². The van der Waals surface area contributed by atoms with E-state index in [1.54, 1.807) is 0 Å². The van der Waals surface area contributed by atoms with E-state index in [-0.39, 0.29) is 18.1 Å². The van der Waals surface area contributed by atoms with E-state index in [9.17, 15) is 9.59 Å². The van der Waals surface area contributed by atoms with Crippen LogP contribution >= 0.6 is 0 Å². The van der Waals surface area contributed by atoms with Gasteiger partial charge in [0.25, 0.3) is 0 Å². The Morgan fingerprint density at radius 2 is 1.75 bits per heavy atom. The highest BCUT2D eigenvalue weighted by molar-refractivity contribution is 5.73. The zero-order chi connectivity index (χ0) is 14.9. The van der Waals surface area contributed by atoms with E-state index < -0.39 is 11.6 Å². The monoisotopic (exact) mass is 283 g/mol. The summed E-state index contributed by atoms with van der Waals surface area (Å²) >= 11 is 0. The molecule has 5 nitrogen and oxygen atoms in total. The van der Waals surface area contributed by atoms with Gasteiger partial charge in [-0.25, -0.2) is 4.79 Å². The van der Waals surface area contributed by atoms with Gasteiger partial charge in [-0.3, -0.25) is 4.79 Å². The van der Waals surface area contributed by atoms with Crippen molar-refractivity contribution in [1.82, 2.24) is 5.32 Å². The highest BCUT2D eigenvalue weighted by Gasteiger charge is 2.48. The number of hydrogen-bond acceptors (Lipinski definition) is 3. The molecule has 2 rings (SSSR count). The second-order valence-corrected chi connectivity index (χ2v) is 7.10. The largest absolute Gasteiger partial charge is 0.481 e. The van der Waals surface area contributed by atoms with Crippen LogP contribution in [0.25, 0.3) is 0 Å². The topological polar surface area (TPSA) is 75.6 Å². The Hall–Kier alpha value is -1.26. The minimum absolute atomic E-state index is 0.115. The number of nitrogens with one attached hydrogen (secondary N) is 1. The van der Waals surface area contributed by atoms with Gasteiger partial charge in [-0.05, 0) is 64.7 Å². The summed E-state index contributed by atoms with van der Waals surface area (Å²) in [5, 5.41) is 11.9. The second-order valence-electron chi connectivity index (χ2n) is 7.10. The highest BCUT2D eigenvalue weighted by Crippen LogP contribution is 2.49. The quantitative estimate of drug-likeness (QED) is 0.835. The summed E-state index contributed by atoms with van der Waals surface area (Å²) in [6.45, 7) is 5.55. The number of hydrogen-bond donors (Lipinski definition) is 2. The first-order valence-electron chi connectivity index (χ1n) is 7.48. The van der Waals surface area contributed by atoms with Gasteiger partial charge in [-0.1, -0.05) is 0 Å². The first kappa shape index (κ1) is 15.1. The molecule has 0 heterocycles. The number of ether oxygens (including phenoxy) is 1. The molecule has 0 bridgehead atoms. The predicted octanol–water partition coefficient (Wildman–Crippen LogP) is 2.79. The van der Waals surface area contributed by atoms with Crippen molar-refractivity contribution in [3.63, 3.8) is 0 Å². The Bertz CT molecular complexity index is 380. The van der Waals surface area contributed by atoms with Gasteiger partial charge in [-0.15, -0.1) is 0 Å². The molecule has 2 N–H and O–H groups in total. The van der Waals surface area contributed by atoms with Gasteiger partial charge in [0.15, 0.2) is 0 Å². The number of carbonyl (C=O) groups excluding carboxylic acids is 1. The van der Waals surface area contributed by atoms with Gasteiger partial charge in [-0.2, -0.15) is 0 Å². The summed E-state index contributed by atoms with van der Waals surface area (Å²) in [5.74, 6) is 0.127. The predicted molar refractivity (Wildman–Crippen MR) is 74.3 cm³/mol. The van der Waals surface area contributed by atoms with Crippen molar-refractivity contribution in [2.45, 2.75) is 64.5 Å². The van der Waals surface area contributed by atoms with Crippen LogP contribution < -0.4 is 5.32 Å². The minimum Gasteiger partial charge on any atom is -0.481 e. The van der Waals surface area contributed by atoms with E-state index in [2.05, 4.69) is 5.32 Å². The molecule has 0 aromatic carbocycles. The number of carboxylic acid groups (broad SMARTS) is 1. The number of rotatable bonds is 3. The lowest BCUT2D eigenvalue weighted by Crippen LogP contribution is -2.41. The van der Waals surface area contributed by atoms with Crippen molar-refractivity contribution in [1.29, 1.82) is 0 Å². The Labute approximate surface area is 120 Å². The SMILES string of the molecule is CC(C)(C)OC(=O)NC1CCC([C@@H]2C[C@H]2C(=O)O)CC1. The Kier molecular flexibility index (Phi) is 4.25. The van der Waals surface area contributed by atoms with Gasteiger partial charge in [0.2, 0.25) is 0 Å². The van der Waals surface area contributed by atoms with Gasteiger partial charge < -0.3 is 15.2 Å². The summed E-state index contributed by atoms with van der Waals surface area (Å²) in [6, 6.07) is 0.170. The standard InChI is InChI=1S/C15H25NO4/c1-15(2,3)20-14(19)16-10-6-4-9(5-7-10)11-8-12(11)13(17)18/h9-12H,4-8H2,1-3H3,(H,16,19)(H,17,18)/t9?,10?,11-,12+/m0/s1. The third-order valence-corrected chi connectivity index (χ3v) is 4.26. The zero-order valence-corrected chi connectivity index (χ0v) is 12.5. The summed E-state index contributed by atoms with van der Waals surface area (Å²) in [7, 11) is 0. The fraction of sp³-hybridized carbons (Fsp3) is 0.867. The lowest BCUT2D eigenvalue weighted by atomic mass is 9.82. The maximum Gasteiger partial charge on any atom is 0.407 e. The smallest absolute Gasteiger partial charge is 0.407 e. The minimum atomic E-state index is -0.649. The van der Waals surface area contributed by atoms with Crippen molar-refractivity contribution in [2.75, 3.05) is 0 Å². The fourth-order valence-corrected chi connectivity index (χ4v) is 3.19. The van der Waals surface area contributed by atoms with Crippen molar-refractivity contribution < 1.29 is 19.4 Å². The third kappa shape index (κ3) is 4.12. The maximum atomic E-state index is 11.7. The van der Waals surface area contributed by atoms with Crippen molar-refractivity contribution in [3.05, 3.63) is 0 Å². The van der Waals surface area contributed by atoms with E-state index in [4.69, 9.17) is 9.84 Å². The van der Waals surface area contributed by atoms with Crippen molar-refractivity contribution in [2.24, 2.45) is 17.8 Å². The van der Waals surface area contributed by atoms with Crippen molar-refractivity contribution >= 4 is 12.1 Å². The molecule has 2 saturated carbocycles. The highest BCUT2D eigenvalue weighted by atomic mass is 16.6. The van der Waals surface area contributed by atoms with Crippen molar-refractivity contribution in [3.8, 4) is 0 Å². The summed E-state index contributed by atoms with van der Waals surface area (Å²) in [5.41, 5.74) is -0.468. The molecule has 114 valence electrons. The van der Waals surface area contributed by atoms with Crippen LogP contribution in [-0.4, -0.2) is 28.8 Å². The first-order chi connectivity index (χ1) is 9.26. The average Bonchev–Trinajstić information content (AvgIpc) is 3.07. The van der Waals surface area contributed by atoms with Gasteiger partial charge in [0, 0.05) is 6.04 Å². The number of carboxylic acids is 1. The molecule has 0 aliphatic heterocycles. The normalized spacial score (nSPS) is 33.4. The zero-order valence-electron chi connectivity index (χ0n) is 12.5. The summed E-state index contributed by atoms with van der Waals surface area (Å²) in [4.78, 5) is 22.6. The molecule has 1 amide bonds. The average molecular weight is 283 g/mol. The number of alkyl carbamates (subject to hydrolysis) is 1. The molecule has 0 unspecified atom stereocenters. The molecule has 0 radical (unpaired) electrons. The van der Waals surface area contributed by atoms with Crippen LogP contribution in [0.4, 0.5) is 4.79 Å². The van der Waals surface area contributed by atoms with Gasteiger partial charge in [0.05, 0.1) is 5.92 Å². The molecule has 5 heteroatoms. The number of aliphatic carboxylic acids is 1. The van der Waals surface area contributed by atoms with E-state index in [0.29, 0.717) is 11.8 Å². The Balaban J connectivity index is 1.70. The summed E-state index contributed by atoms with van der Waals surface area (Å²) in [6.07, 6.45) is 4.35. The van der Waals surface area contributed by atoms with E-state index in [0.717, 1.165) is 32.1 Å². The fourth-order valence-electron chi connectivity index (χ4n) is 3.19. The third-order valence-electron chi connectivity index (χ3n) is 4.26. The van der Waals surface area contributed by atoms with Gasteiger partial charge in [0.1, 0.15) is 5.60 Å². The maximum absolute atomic E-state index is 11.7. The lowest BCUT2D eigenvalue weighted by Gasteiger charge is -2.30. The number of amides is 1. The molecule has 2 aliphatic rings. The second kappa shape index (κ2) is 5.62. The first-order valence-corrected chi connectivity index (χ1v) is 7.48. The molecular weight excluding hydrogens is 258 g/mol. The molecule has 0 saturated heterocycles. The molecule has 20 heavy (non-hydrogen) atoms.